The molecule has 0 radical (unpaired) electrons. The molecule has 0 aliphatic carbocycles. The first-order chi connectivity index (χ1) is 20.5. The van der Waals surface area contributed by atoms with Crippen LogP contribution >= 0.6 is 0 Å². The Morgan fingerprint density at radius 3 is 2.62 bits per heavy atom. The number of nitrogens with one attached hydrogen (secondary N) is 1. The molecule has 2 aliphatic heterocycles. The van der Waals surface area contributed by atoms with E-state index in [0.717, 1.165) is 54.9 Å². The molecule has 0 saturated carbocycles. The number of benzene rings is 1. The highest BCUT2D eigenvalue weighted by Gasteiger charge is 2.23. The molecule has 5 heterocycles. The van der Waals surface area contributed by atoms with E-state index in [4.69, 9.17) is 9.72 Å². The van der Waals surface area contributed by atoms with Crippen LogP contribution in [0.3, 0.4) is 0 Å². The van der Waals surface area contributed by atoms with Crippen LogP contribution in [-0.4, -0.2) is 80.5 Å². The number of nitrogens with zero attached hydrogens (tertiary/aromatic N) is 6. The highest BCUT2D eigenvalue weighted by atomic mass is 19.1. The zero-order chi connectivity index (χ0) is 29.1. The summed E-state index contributed by atoms with van der Waals surface area (Å²) >= 11 is 0. The largest absolute Gasteiger partial charge is 0.496 e. The Labute approximate surface area is 243 Å². The third-order valence-corrected chi connectivity index (χ3v) is 7.72. The van der Waals surface area contributed by atoms with Crippen LogP contribution in [-0.2, 0) is 6.54 Å². The maximum atomic E-state index is 14.7. The van der Waals surface area contributed by atoms with E-state index in [-0.39, 0.29) is 17.5 Å². The van der Waals surface area contributed by atoms with Crippen molar-refractivity contribution >= 4 is 17.3 Å². The quantitative estimate of drug-likeness (QED) is 0.286. The van der Waals surface area contributed by atoms with Crippen LogP contribution in [0.15, 0.2) is 61.1 Å². The number of aliphatic hydroxyl groups excluding tert-OH is 2. The first kappa shape index (κ1) is 28.0. The molecule has 2 fully saturated rings. The van der Waals surface area contributed by atoms with Crippen LogP contribution in [0.5, 0.6) is 5.75 Å². The molecule has 1 unspecified atom stereocenters. The number of ether oxygens (including phenoxy) is 1. The topological polar surface area (TPSA) is 120 Å². The molecule has 0 amide bonds. The molecular weight excluding hydrogens is 537 g/mol. The van der Waals surface area contributed by atoms with Crippen LogP contribution < -0.4 is 15.0 Å². The maximum absolute atomic E-state index is 14.7. The van der Waals surface area contributed by atoms with Gasteiger partial charge >= 0.3 is 0 Å². The Hall–Kier alpha value is -4.19. The SMILES string of the molecule is COc1cccc(F)c1-c1nccc(Nc2cc(N3CCC[C@H](O)C3)c(-c3ccc(CN4CCC(O)C4)nc3)cn2)n1. The van der Waals surface area contributed by atoms with E-state index < -0.39 is 11.9 Å². The number of hydrogen-bond acceptors (Lipinski definition) is 10. The molecule has 0 spiro atoms. The summed E-state index contributed by atoms with van der Waals surface area (Å²) < 4.78 is 20.0. The van der Waals surface area contributed by atoms with Crippen molar-refractivity contribution in [2.24, 2.45) is 0 Å². The van der Waals surface area contributed by atoms with Gasteiger partial charge in [0.15, 0.2) is 5.82 Å². The molecule has 11 heteroatoms. The Balaban J connectivity index is 1.29. The number of hydrogen-bond donors (Lipinski definition) is 3. The van der Waals surface area contributed by atoms with Crippen LogP contribution in [0.25, 0.3) is 22.5 Å². The Morgan fingerprint density at radius 2 is 1.86 bits per heavy atom. The molecule has 42 heavy (non-hydrogen) atoms. The third kappa shape index (κ3) is 6.18. The van der Waals surface area contributed by atoms with Crippen molar-refractivity contribution in [2.45, 2.75) is 38.0 Å². The van der Waals surface area contributed by atoms with Gasteiger partial charge in [-0.05, 0) is 43.5 Å². The monoisotopic (exact) mass is 571 g/mol. The van der Waals surface area contributed by atoms with Gasteiger partial charge in [-0.1, -0.05) is 12.1 Å². The average Bonchev–Trinajstić information content (AvgIpc) is 3.41. The number of rotatable bonds is 8. The van der Waals surface area contributed by atoms with E-state index >= 15 is 0 Å². The summed E-state index contributed by atoms with van der Waals surface area (Å²) in [6, 6.07) is 12.3. The molecular formula is C31H34FN7O3. The van der Waals surface area contributed by atoms with Crippen molar-refractivity contribution in [3.63, 3.8) is 0 Å². The minimum absolute atomic E-state index is 0.187. The van der Waals surface area contributed by atoms with Gasteiger partial charge < -0.3 is 25.2 Å². The Morgan fingerprint density at radius 1 is 0.976 bits per heavy atom. The predicted molar refractivity (Wildman–Crippen MR) is 158 cm³/mol. The molecule has 2 atom stereocenters. The molecule has 3 aromatic heterocycles. The molecule has 10 nitrogen and oxygen atoms in total. The summed E-state index contributed by atoms with van der Waals surface area (Å²) in [7, 11) is 1.48. The highest BCUT2D eigenvalue weighted by Crippen LogP contribution is 2.35. The average molecular weight is 572 g/mol. The second kappa shape index (κ2) is 12.4. The fourth-order valence-corrected chi connectivity index (χ4v) is 5.60. The standard InChI is InChI=1S/C31H34FN7O3/c1-42-27-6-2-5-25(32)30(27)31-33-11-9-28(37-31)36-29-14-26(39-12-3-4-22(40)19-39)24(16-35-29)20-7-8-21(34-15-20)17-38-13-10-23(41)18-38/h2,5-9,11,14-16,22-23,40-41H,3-4,10,12-13,17-19H2,1H3,(H,33,35,36,37)/t22-,23?/m0/s1. The summed E-state index contributed by atoms with van der Waals surface area (Å²) in [5.74, 6) is 1.07. The zero-order valence-corrected chi connectivity index (χ0v) is 23.4. The number of β-amino-alcohol motifs (C(OH)–C–C–N with tert-alkyl or cyclic N) is 2. The number of methoxy groups -OCH3 is 1. The highest BCUT2D eigenvalue weighted by molar-refractivity contribution is 5.80. The van der Waals surface area contributed by atoms with E-state index in [9.17, 15) is 14.6 Å². The summed E-state index contributed by atoms with van der Waals surface area (Å²) in [6.45, 7) is 3.56. The number of piperidine rings is 1. The second-order valence-corrected chi connectivity index (χ2v) is 10.8. The first-order valence-electron chi connectivity index (χ1n) is 14.2. The summed E-state index contributed by atoms with van der Waals surface area (Å²) in [4.78, 5) is 22.5. The second-order valence-electron chi connectivity index (χ2n) is 10.8. The molecule has 2 saturated heterocycles. The van der Waals surface area contributed by atoms with Gasteiger partial charge in [-0.25, -0.2) is 19.3 Å². The first-order valence-corrected chi connectivity index (χ1v) is 14.2. The Kier molecular flexibility index (Phi) is 8.22. The molecule has 218 valence electrons. The molecule has 3 N–H and O–H groups in total. The van der Waals surface area contributed by atoms with Crippen LogP contribution in [0.1, 0.15) is 25.0 Å². The predicted octanol–water partition coefficient (Wildman–Crippen LogP) is 4.02. The fraction of sp³-hybridized carbons (Fsp3) is 0.355. The number of pyridine rings is 2. The van der Waals surface area contributed by atoms with E-state index in [0.29, 0.717) is 37.0 Å². The van der Waals surface area contributed by atoms with Crippen molar-refractivity contribution < 1.29 is 19.3 Å². The van der Waals surface area contributed by atoms with Crippen molar-refractivity contribution in [3.05, 3.63) is 72.6 Å². The smallest absolute Gasteiger partial charge is 0.168 e. The molecule has 1 aromatic carbocycles. The van der Waals surface area contributed by atoms with Gasteiger partial charge in [0.25, 0.3) is 0 Å². The van der Waals surface area contributed by atoms with E-state index in [1.54, 1.807) is 30.6 Å². The van der Waals surface area contributed by atoms with Crippen molar-refractivity contribution in [1.29, 1.82) is 0 Å². The normalized spacial score (nSPS) is 19.2. The lowest BCUT2D eigenvalue weighted by Gasteiger charge is -2.33. The number of halogens is 1. The van der Waals surface area contributed by atoms with Gasteiger partial charge in [0, 0.05) is 74.2 Å². The van der Waals surface area contributed by atoms with Gasteiger partial charge in [-0.3, -0.25) is 9.88 Å². The van der Waals surface area contributed by atoms with E-state index in [1.807, 2.05) is 24.4 Å². The third-order valence-electron chi connectivity index (χ3n) is 7.72. The van der Waals surface area contributed by atoms with Crippen LogP contribution in [0.4, 0.5) is 21.7 Å². The van der Waals surface area contributed by atoms with Crippen molar-refractivity contribution in [1.82, 2.24) is 24.8 Å². The number of anilines is 3. The molecule has 0 bridgehead atoms. The van der Waals surface area contributed by atoms with Gasteiger partial charge in [-0.15, -0.1) is 0 Å². The lowest BCUT2D eigenvalue weighted by Crippen LogP contribution is -2.38. The van der Waals surface area contributed by atoms with Crippen LogP contribution in [0, 0.1) is 5.82 Å². The lowest BCUT2D eigenvalue weighted by molar-refractivity contribution is 0.154. The summed E-state index contributed by atoms with van der Waals surface area (Å²) in [5.41, 5.74) is 3.88. The number of likely N-dealkylation sites (tertiary alicyclic amines) is 1. The van der Waals surface area contributed by atoms with Gasteiger partial charge in [-0.2, -0.15) is 0 Å². The minimum Gasteiger partial charge on any atom is -0.496 e. The fourth-order valence-electron chi connectivity index (χ4n) is 5.60. The van der Waals surface area contributed by atoms with Gasteiger partial charge in [0.2, 0.25) is 0 Å². The van der Waals surface area contributed by atoms with Gasteiger partial charge in [0.1, 0.15) is 23.2 Å². The van der Waals surface area contributed by atoms with Crippen molar-refractivity contribution in [2.75, 3.05) is 43.5 Å². The lowest BCUT2D eigenvalue weighted by atomic mass is 10.0. The van der Waals surface area contributed by atoms with E-state index in [1.165, 1.54) is 13.2 Å². The minimum atomic E-state index is -0.474. The Bertz CT molecular complexity index is 1540. The molecule has 4 aromatic rings. The number of aromatic nitrogens is 4. The summed E-state index contributed by atoms with van der Waals surface area (Å²) in [5, 5.41) is 23.5. The molecule has 6 rings (SSSR count). The summed E-state index contributed by atoms with van der Waals surface area (Å²) in [6.07, 6.45) is 6.99. The maximum Gasteiger partial charge on any atom is 0.168 e. The zero-order valence-electron chi connectivity index (χ0n) is 23.4. The number of aliphatic hydroxyl groups is 2. The van der Waals surface area contributed by atoms with Gasteiger partial charge in [0.05, 0.1) is 30.6 Å². The van der Waals surface area contributed by atoms with Crippen LogP contribution in [0.2, 0.25) is 0 Å². The van der Waals surface area contributed by atoms with Crippen molar-refractivity contribution in [3.8, 4) is 28.3 Å². The molecule has 2 aliphatic rings. The van der Waals surface area contributed by atoms with E-state index in [2.05, 4.69) is 30.1 Å².